The average Bonchev–Trinajstić information content (AvgIpc) is 3.00. The van der Waals surface area contributed by atoms with Gasteiger partial charge in [-0.05, 0) is 30.0 Å². The summed E-state index contributed by atoms with van der Waals surface area (Å²) in [5, 5.41) is 2.72. The molecule has 5 heteroatoms. The number of benzene rings is 1. The molecule has 0 aliphatic carbocycles. The van der Waals surface area contributed by atoms with Gasteiger partial charge in [0.15, 0.2) is 0 Å². The number of hydrogen-bond donors (Lipinski definition) is 0. The van der Waals surface area contributed by atoms with Crippen molar-refractivity contribution in [2.75, 3.05) is 6.54 Å². The fourth-order valence-corrected chi connectivity index (χ4v) is 3.66. The summed E-state index contributed by atoms with van der Waals surface area (Å²) in [7, 11) is 0. The lowest BCUT2D eigenvalue weighted by molar-refractivity contribution is 0.0462. The smallest absolute Gasteiger partial charge is 0.273 e. The monoisotopic (exact) mass is 312 g/mol. The second kappa shape index (κ2) is 5.18. The van der Waals surface area contributed by atoms with Crippen LogP contribution in [0.25, 0.3) is 10.9 Å². The van der Waals surface area contributed by atoms with Crippen molar-refractivity contribution in [1.29, 1.82) is 0 Å². The summed E-state index contributed by atoms with van der Waals surface area (Å²) in [4.78, 5) is 19.9. The molecule has 1 saturated heterocycles. The zero-order valence-electron chi connectivity index (χ0n) is 11.7. The first-order valence-electron chi connectivity index (χ1n) is 7.14. The Morgan fingerprint density at radius 3 is 2.86 bits per heavy atom. The van der Waals surface area contributed by atoms with Crippen molar-refractivity contribution >= 4 is 28.1 Å². The van der Waals surface area contributed by atoms with E-state index in [1.807, 2.05) is 17.5 Å². The van der Waals surface area contributed by atoms with E-state index < -0.39 is 5.82 Å². The topological polar surface area (TPSA) is 33.2 Å². The lowest BCUT2D eigenvalue weighted by atomic mass is 10.0. The Kier molecular flexibility index (Phi) is 3.15. The van der Waals surface area contributed by atoms with Crippen LogP contribution in [0.2, 0.25) is 0 Å². The van der Waals surface area contributed by atoms with E-state index in [1.54, 1.807) is 40.5 Å². The van der Waals surface area contributed by atoms with E-state index >= 15 is 0 Å². The number of rotatable bonds is 2. The first-order valence-corrected chi connectivity index (χ1v) is 8.01. The maximum Gasteiger partial charge on any atom is 0.273 e. The molecule has 3 aromatic rings. The molecule has 1 aliphatic rings. The molecule has 0 radical (unpaired) electrons. The van der Waals surface area contributed by atoms with Gasteiger partial charge in [0.2, 0.25) is 0 Å². The molecule has 1 amide bonds. The van der Waals surface area contributed by atoms with E-state index in [-0.39, 0.29) is 17.5 Å². The van der Waals surface area contributed by atoms with Crippen LogP contribution in [-0.2, 0) is 0 Å². The highest BCUT2D eigenvalue weighted by atomic mass is 32.1. The van der Waals surface area contributed by atoms with Gasteiger partial charge in [0, 0.05) is 16.8 Å². The predicted molar refractivity (Wildman–Crippen MR) is 84.4 cm³/mol. The summed E-state index contributed by atoms with van der Waals surface area (Å²) < 4.78 is 13.8. The maximum atomic E-state index is 13.8. The minimum absolute atomic E-state index is 0.130. The van der Waals surface area contributed by atoms with Crippen molar-refractivity contribution in [1.82, 2.24) is 9.88 Å². The number of amides is 1. The van der Waals surface area contributed by atoms with Crippen LogP contribution in [0.1, 0.15) is 27.8 Å². The molecule has 0 bridgehead atoms. The van der Waals surface area contributed by atoms with Crippen LogP contribution >= 0.6 is 11.3 Å². The van der Waals surface area contributed by atoms with Crippen molar-refractivity contribution < 1.29 is 9.18 Å². The number of fused-ring (bicyclic) bond motifs is 1. The third-order valence-corrected chi connectivity index (χ3v) is 5.02. The molecular formula is C17H13FN2OS. The van der Waals surface area contributed by atoms with Crippen LogP contribution in [-0.4, -0.2) is 22.3 Å². The summed E-state index contributed by atoms with van der Waals surface area (Å²) >= 11 is 1.65. The minimum Gasteiger partial charge on any atom is -0.329 e. The standard InChI is InChI=1S/C17H13FN2OS/c18-12-4-1-3-11-6-7-13(19-16(11)12)17(21)20-9-8-14(20)15-5-2-10-22-15/h1-7,10,14H,8-9H2/t14-/m1/s1. The van der Waals surface area contributed by atoms with Crippen LogP contribution in [0.3, 0.4) is 0 Å². The number of nitrogens with zero attached hydrogens (tertiary/aromatic N) is 2. The van der Waals surface area contributed by atoms with E-state index in [0.717, 1.165) is 13.0 Å². The Bertz CT molecular complexity index is 847. The van der Waals surface area contributed by atoms with Gasteiger partial charge in [-0.3, -0.25) is 4.79 Å². The van der Waals surface area contributed by atoms with Gasteiger partial charge >= 0.3 is 0 Å². The second-order valence-electron chi connectivity index (χ2n) is 5.33. The largest absolute Gasteiger partial charge is 0.329 e. The van der Waals surface area contributed by atoms with E-state index in [2.05, 4.69) is 4.98 Å². The first kappa shape index (κ1) is 13.4. The van der Waals surface area contributed by atoms with E-state index in [4.69, 9.17) is 0 Å². The number of para-hydroxylation sites is 1. The van der Waals surface area contributed by atoms with Crippen LogP contribution < -0.4 is 0 Å². The molecule has 0 spiro atoms. The number of carbonyl (C=O) groups is 1. The van der Waals surface area contributed by atoms with E-state index in [1.165, 1.54) is 10.9 Å². The van der Waals surface area contributed by atoms with Crippen LogP contribution in [0.15, 0.2) is 47.8 Å². The number of likely N-dealkylation sites (tertiary alicyclic amines) is 1. The Hall–Kier alpha value is -2.27. The average molecular weight is 312 g/mol. The highest BCUT2D eigenvalue weighted by Gasteiger charge is 2.35. The molecule has 1 aromatic carbocycles. The van der Waals surface area contributed by atoms with E-state index in [0.29, 0.717) is 11.1 Å². The lowest BCUT2D eigenvalue weighted by Gasteiger charge is -2.40. The first-order chi connectivity index (χ1) is 10.7. The molecule has 2 aromatic heterocycles. The molecule has 3 nitrogen and oxygen atoms in total. The van der Waals surface area contributed by atoms with Gasteiger partial charge in [-0.1, -0.05) is 24.3 Å². The van der Waals surface area contributed by atoms with Gasteiger partial charge in [0.25, 0.3) is 5.91 Å². The molecule has 0 saturated carbocycles. The molecule has 110 valence electrons. The number of thiophene rings is 1. The Balaban J connectivity index is 1.67. The maximum absolute atomic E-state index is 13.8. The van der Waals surface area contributed by atoms with Gasteiger partial charge in [-0.2, -0.15) is 0 Å². The molecule has 0 unspecified atom stereocenters. The van der Waals surface area contributed by atoms with Gasteiger partial charge in [0.05, 0.1) is 6.04 Å². The number of aromatic nitrogens is 1. The SMILES string of the molecule is O=C(c1ccc2cccc(F)c2n1)N1CC[C@@H]1c1cccs1. The fraction of sp³-hybridized carbons (Fsp3) is 0.176. The number of carbonyl (C=O) groups excluding carboxylic acids is 1. The molecule has 22 heavy (non-hydrogen) atoms. The van der Waals surface area contributed by atoms with Gasteiger partial charge in [0.1, 0.15) is 17.0 Å². The van der Waals surface area contributed by atoms with E-state index in [9.17, 15) is 9.18 Å². The molecular weight excluding hydrogens is 299 g/mol. The summed E-state index contributed by atoms with van der Waals surface area (Å²) in [6.45, 7) is 0.721. The Morgan fingerprint density at radius 1 is 1.23 bits per heavy atom. The predicted octanol–water partition coefficient (Wildman–Crippen LogP) is 4.02. The zero-order chi connectivity index (χ0) is 15.1. The van der Waals surface area contributed by atoms with Crippen molar-refractivity contribution in [3.63, 3.8) is 0 Å². The normalized spacial score (nSPS) is 17.5. The van der Waals surface area contributed by atoms with Crippen molar-refractivity contribution in [2.24, 2.45) is 0 Å². The van der Waals surface area contributed by atoms with Gasteiger partial charge < -0.3 is 4.90 Å². The molecule has 1 atom stereocenters. The van der Waals surface area contributed by atoms with Crippen LogP contribution in [0, 0.1) is 5.82 Å². The Morgan fingerprint density at radius 2 is 2.14 bits per heavy atom. The molecule has 1 fully saturated rings. The van der Waals surface area contributed by atoms with Crippen LogP contribution in [0.5, 0.6) is 0 Å². The van der Waals surface area contributed by atoms with Gasteiger partial charge in [-0.25, -0.2) is 9.37 Å². The Labute approximate surface area is 131 Å². The fourth-order valence-electron chi connectivity index (χ4n) is 2.78. The third-order valence-electron chi connectivity index (χ3n) is 4.04. The summed E-state index contributed by atoms with van der Waals surface area (Å²) in [6.07, 6.45) is 0.966. The highest BCUT2D eigenvalue weighted by Crippen LogP contribution is 2.36. The quantitative estimate of drug-likeness (QED) is 0.716. The summed E-state index contributed by atoms with van der Waals surface area (Å²) in [5.74, 6) is -0.527. The highest BCUT2D eigenvalue weighted by molar-refractivity contribution is 7.10. The molecule has 0 N–H and O–H groups in total. The zero-order valence-corrected chi connectivity index (χ0v) is 12.5. The number of hydrogen-bond acceptors (Lipinski definition) is 3. The molecule has 1 aliphatic heterocycles. The number of halogens is 1. The third kappa shape index (κ3) is 2.09. The minimum atomic E-state index is -0.398. The summed E-state index contributed by atoms with van der Waals surface area (Å²) in [5.41, 5.74) is 0.556. The lowest BCUT2D eigenvalue weighted by Crippen LogP contribution is -2.45. The van der Waals surface area contributed by atoms with Crippen molar-refractivity contribution in [2.45, 2.75) is 12.5 Å². The van der Waals surface area contributed by atoms with Crippen molar-refractivity contribution in [3.05, 3.63) is 64.2 Å². The molecule has 3 heterocycles. The van der Waals surface area contributed by atoms with Crippen LogP contribution in [0.4, 0.5) is 4.39 Å². The van der Waals surface area contributed by atoms with Crippen molar-refractivity contribution in [3.8, 4) is 0 Å². The van der Waals surface area contributed by atoms with Gasteiger partial charge in [-0.15, -0.1) is 11.3 Å². The summed E-state index contributed by atoms with van der Waals surface area (Å²) in [6, 6.07) is 12.4. The number of pyridine rings is 1. The second-order valence-corrected chi connectivity index (χ2v) is 6.31. The molecule has 4 rings (SSSR count).